The Labute approximate surface area is 117 Å². The largest absolute Gasteiger partial charge is 0.490 e. The van der Waals surface area contributed by atoms with E-state index in [4.69, 9.17) is 0 Å². The number of nitrogens with one attached hydrogen (secondary N) is 1. The highest BCUT2D eigenvalue weighted by atomic mass is 16.6. The van der Waals surface area contributed by atoms with Gasteiger partial charge in [-0.25, -0.2) is 9.97 Å². The Balaban J connectivity index is 1.99. The average Bonchev–Trinajstić information content (AvgIpc) is 3.06. The maximum atomic E-state index is 10.6. The third-order valence-electron chi connectivity index (χ3n) is 2.87. The number of aromatic nitrogens is 7. The quantitative estimate of drug-likeness (QED) is 0.522. The maximum Gasteiger partial charge on any atom is 0.490 e. The average molecular weight is 289 g/mol. The highest BCUT2D eigenvalue weighted by Gasteiger charge is 2.16. The van der Waals surface area contributed by atoms with E-state index in [1.54, 1.807) is 25.0 Å². The van der Waals surface area contributed by atoms with Crippen LogP contribution in [0.15, 0.2) is 12.5 Å². The predicted octanol–water partition coefficient (Wildman–Crippen LogP) is -0.0470. The second-order valence-corrected chi connectivity index (χ2v) is 4.24. The molecular weight excluding hydrogens is 278 g/mol. The summed E-state index contributed by atoms with van der Waals surface area (Å²) >= 11 is 0. The number of nitrogens with zero attached hydrogens (tertiary/aromatic N) is 8. The molecule has 0 atom stereocenters. The standard InChI is InChI=1S/C10H11N9O2/c1-11-8-6-3-13-17(2)9(6)15-7(14-8)4-18-5-12-10(16-18)19(20)21/h3,5H,4H2,1-2H3,(H,11,14,15). The third-order valence-corrected chi connectivity index (χ3v) is 2.87. The molecule has 0 saturated carbocycles. The summed E-state index contributed by atoms with van der Waals surface area (Å²) < 4.78 is 2.94. The van der Waals surface area contributed by atoms with E-state index < -0.39 is 10.9 Å². The van der Waals surface area contributed by atoms with Crippen LogP contribution in [0.5, 0.6) is 0 Å². The van der Waals surface area contributed by atoms with Crippen molar-refractivity contribution in [2.24, 2.45) is 7.05 Å². The molecule has 0 aliphatic carbocycles. The highest BCUT2D eigenvalue weighted by Crippen LogP contribution is 2.19. The minimum Gasteiger partial charge on any atom is -0.390 e. The van der Waals surface area contributed by atoms with Gasteiger partial charge in [0, 0.05) is 19.2 Å². The first kappa shape index (κ1) is 12.9. The van der Waals surface area contributed by atoms with Gasteiger partial charge in [0.1, 0.15) is 12.4 Å². The van der Waals surface area contributed by atoms with Crippen molar-refractivity contribution in [3.63, 3.8) is 0 Å². The molecule has 0 unspecified atom stereocenters. The molecule has 0 aromatic carbocycles. The van der Waals surface area contributed by atoms with E-state index >= 15 is 0 Å². The molecule has 0 amide bonds. The molecule has 21 heavy (non-hydrogen) atoms. The van der Waals surface area contributed by atoms with Gasteiger partial charge in [-0.2, -0.15) is 9.78 Å². The van der Waals surface area contributed by atoms with Crippen LogP contribution in [0.3, 0.4) is 0 Å². The number of hydrogen-bond acceptors (Lipinski definition) is 8. The molecular formula is C10H11N9O2. The number of rotatable bonds is 4. The molecule has 108 valence electrons. The van der Waals surface area contributed by atoms with Gasteiger partial charge in [0.2, 0.25) is 6.33 Å². The summed E-state index contributed by atoms with van der Waals surface area (Å²) in [5, 5.41) is 22.2. The number of aryl methyl sites for hydroxylation is 1. The predicted molar refractivity (Wildman–Crippen MR) is 71.6 cm³/mol. The van der Waals surface area contributed by atoms with Crippen LogP contribution in [-0.4, -0.2) is 46.5 Å². The van der Waals surface area contributed by atoms with Gasteiger partial charge in [-0.1, -0.05) is 4.98 Å². The molecule has 11 heteroatoms. The first-order valence-electron chi connectivity index (χ1n) is 5.98. The summed E-state index contributed by atoms with van der Waals surface area (Å²) in [7, 11) is 3.53. The van der Waals surface area contributed by atoms with Crippen molar-refractivity contribution >= 4 is 22.8 Å². The second kappa shape index (κ2) is 4.77. The second-order valence-electron chi connectivity index (χ2n) is 4.24. The summed E-state index contributed by atoms with van der Waals surface area (Å²) in [4.78, 5) is 22.2. The van der Waals surface area contributed by atoms with E-state index in [9.17, 15) is 10.1 Å². The molecule has 11 nitrogen and oxygen atoms in total. The van der Waals surface area contributed by atoms with E-state index in [-0.39, 0.29) is 6.54 Å². The van der Waals surface area contributed by atoms with Crippen molar-refractivity contribution in [2.75, 3.05) is 12.4 Å². The molecule has 3 aromatic rings. The maximum absolute atomic E-state index is 10.6. The Morgan fingerprint density at radius 2 is 2.24 bits per heavy atom. The van der Waals surface area contributed by atoms with Gasteiger partial charge in [0.25, 0.3) is 0 Å². The number of fused-ring (bicyclic) bond motifs is 1. The lowest BCUT2D eigenvalue weighted by atomic mass is 10.4. The molecule has 0 aliphatic heterocycles. The summed E-state index contributed by atoms with van der Waals surface area (Å²) in [5.41, 5.74) is 0.666. The van der Waals surface area contributed by atoms with Crippen LogP contribution in [0.2, 0.25) is 0 Å². The lowest BCUT2D eigenvalue weighted by Gasteiger charge is -2.04. The van der Waals surface area contributed by atoms with Crippen molar-refractivity contribution in [1.29, 1.82) is 0 Å². The molecule has 3 aromatic heterocycles. The van der Waals surface area contributed by atoms with Gasteiger partial charge in [0.15, 0.2) is 11.5 Å². The summed E-state index contributed by atoms with van der Waals surface area (Å²) in [6, 6.07) is 0. The molecule has 0 aliphatic rings. The third kappa shape index (κ3) is 2.24. The van der Waals surface area contributed by atoms with E-state index in [2.05, 4.69) is 30.5 Å². The van der Waals surface area contributed by atoms with Crippen LogP contribution in [0.1, 0.15) is 5.82 Å². The molecule has 0 fully saturated rings. The van der Waals surface area contributed by atoms with Gasteiger partial charge < -0.3 is 15.4 Å². The summed E-state index contributed by atoms with van der Waals surface area (Å²) in [6.07, 6.45) is 2.94. The van der Waals surface area contributed by atoms with Crippen LogP contribution in [0.4, 0.5) is 11.8 Å². The van der Waals surface area contributed by atoms with Gasteiger partial charge in [-0.05, 0) is 4.92 Å². The van der Waals surface area contributed by atoms with E-state index in [0.29, 0.717) is 17.3 Å². The Morgan fingerprint density at radius 1 is 1.43 bits per heavy atom. The van der Waals surface area contributed by atoms with E-state index in [1.165, 1.54) is 11.0 Å². The Kier molecular flexibility index (Phi) is 2.93. The fourth-order valence-corrected chi connectivity index (χ4v) is 1.92. The number of hydrogen-bond donors (Lipinski definition) is 1. The smallest absolute Gasteiger partial charge is 0.390 e. The fourth-order valence-electron chi connectivity index (χ4n) is 1.92. The molecule has 0 spiro atoms. The molecule has 3 rings (SSSR count). The Hall–Kier alpha value is -3.11. The topological polar surface area (TPSA) is 129 Å². The molecule has 3 heterocycles. The van der Waals surface area contributed by atoms with Crippen LogP contribution < -0.4 is 5.32 Å². The van der Waals surface area contributed by atoms with Gasteiger partial charge >= 0.3 is 5.95 Å². The van der Waals surface area contributed by atoms with E-state index in [1.807, 2.05) is 0 Å². The van der Waals surface area contributed by atoms with Crippen molar-refractivity contribution in [3.05, 3.63) is 28.5 Å². The molecule has 0 radical (unpaired) electrons. The Morgan fingerprint density at radius 3 is 2.90 bits per heavy atom. The van der Waals surface area contributed by atoms with Gasteiger partial charge in [0.05, 0.1) is 11.6 Å². The monoisotopic (exact) mass is 289 g/mol. The number of nitro groups is 1. The van der Waals surface area contributed by atoms with Gasteiger partial charge in [-0.15, -0.1) is 0 Å². The number of anilines is 1. The molecule has 0 saturated heterocycles. The van der Waals surface area contributed by atoms with Crippen LogP contribution in [0, 0.1) is 10.1 Å². The van der Waals surface area contributed by atoms with Crippen molar-refractivity contribution < 1.29 is 4.92 Å². The summed E-state index contributed by atoms with van der Waals surface area (Å²) in [6.45, 7) is 0.177. The normalized spacial score (nSPS) is 11.0. The molecule has 0 bridgehead atoms. The zero-order valence-corrected chi connectivity index (χ0v) is 11.3. The lowest BCUT2D eigenvalue weighted by molar-refractivity contribution is -0.394. The van der Waals surface area contributed by atoms with Crippen molar-refractivity contribution in [3.8, 4) is 0 Å². The summed E-state index contributed by atoms with van der Waals surface area (Å²) in [5.74, 6) is 0.637. The van der Waals surface area contributed by atoms with Crippen molar-refractivity contribution in [1.82, 2.24) is 34.5 Å². The zero-order chi connectivity index (χ0) is 15.0. The van der Waals surface area contributed by atoms with Crippen molar-refractivity contribution in [2.45, 2.75) is 6.54 Å². The van der Waals surface area contributed by atoms with E-state index in [0.717, 1.165) is 5.39 Å². The lowest BCUT2D eigenvalue weighted by Crippen LogP contribution is -2.08. The minimum absolute atomic E-state index is 0.177. The minimum atomic E-state index is -0.652. The molecule has 1 N–H and O–H groups in total. The SMILES string of the molecule is CNc1nc(Cn2cnc([N+](=O)[O-])n2)nc2c1cnn2C. The first-order valence-corrected chi connectivity index (χ1v) is 5.98. The first-order chi connectivity index (χ1) is 10.1. The van der Waals surface area contributed by atoms with Crippen LogP contribution in [0.25, 0.3) is 11.0 Å². The van der Waals surface area contributed by atoms with Crippen LogP contribution >= 0.6 is 0 Å². The fraction of sp³-hybridized carbons (Fsp3) is 0.300. The van der Waals surface area contributed by atoms with Gasteiger partial charge in [-0.3, -0.25) is 4.68 Å². The Bertz CT molecular complexity index is 821. The highest BCUT2D eigenvalue weighted by molar-refractivity contribution is 5.86. The van der Waals surface area contributed by atoms with Crippen LogP contribution in [-0.2, 0) is 13.6 Å². The zero-order valence-electron chi connectivity index (χ0n) is 11.3.